The number of hydrogen-bond donors (Lipinski definition) is 1. The van der Waals surface area contributed by atoms with Gasteiger partial charge in [-0.1, -0.05) is 0 Å². The number of amidine groups is 2. The predicted molar refractivity (Wildman–Crippen MR) is 118 cm³/mol. The lowest BCUT2D eigenvalue weighted by atomic mass is 10.1. The van der Waals surface area contributed by atoms with E-state index in [-0.39, 0.29) is 11.5 Å². The van der Waals surface area contributed by atoms with E-state index in [1.165, 1.54) is 0 Å². The number of rotatable bonds is 8. The van der Waals surface area contributed by atoms with Crippen molar-refractivity contribution >= 4 is 28.9 Å². The summed E-state index contributed by atoms with van der Waals surface area (Å²) in [4.78, 5) is 26.6. The van der Waals surface area contributed by atoms with Crippen LogP contribution in [0.4, 0.5) is 5.69 Å². The largest absolute Gasteiger partial charge is 0.507 e. The zero-order valence-corrected chi connectivity index (χ0v) is 17.5. The van der Waals surface area contributed by atoms with Crippen LogP contribution < -0.4 is 9.47 Å². The van der Waals surface area contributed by atoms with Crippen molar-refractivity contribution in [2.24, 2.45) is 9.98 Å². The van der Waals surface area contributed by atoms with E-state index in [4.69, 9.17) is 14.5 Å². The van der Waals surface area contributed by atoms with Gasteiger partial charge in [-0.3, -0.25) is 9.98 Å². The van der Waals surface area contributed by atoms with Crippen LogP contribution in [0.1, 0.15) is 30.9 Å². The van der Waals surface area contributed by atoms with Gasteiger partial charge in [0.25, 0.3) is 0 Å². The Balaban J connectivity index is 1.70. The van der Waals surface area contributed by atoms with Gasteiger partial charge in [-0.2, -0.15) is 0 Å². The second kappa shape index (κ2) is 8.99. The normalized spacial score (nSPS) is 15.0. The molecule has 1 aromatic heterocycles. The van der Waals surface area contributed by atoms with Crippen LogP contribution >= 0.6 is 0 Å². The smallest absolute Gasteiger partial charge is 0.187 e. The van der Waals surface area contributed by atoms with Gasteiger partial charge in [0.2, 0.25) is 0 Å². The standard InChI is InChI=1S/C23H24N4O4/c1-15(28)5-4-12-31-19-8-7-17-21(22(19)30-2)26-20(27-11-10-25-23(17)27)13-18(29)16-6-3-9-24-14-16/h3,6-9,13-14,29H,4-5,10-12H2,1-2H3/b18-13-. The molecule has 0 aliphatic carbocycles. The Morgan fingerprint density at radius 1 is 1.32 bits per heavy atom. The van der Waals surface area contributed by atoms with Crippen molar-refractivity contribution in [1.82, 2.24) is 9.88 Å². The maximum atomic E-state index is 11.2. The molecule has 31 heavy (non-hydrogen) atoms. The third-order valence-electron chi connectivity index (χ3n) is 5.04. The molecule has 0 fully saturated rings. The molecule has 0 atom stereocenters. The SMILES string of the molecule is COc1c(OCCCC(C)=O)ccc2c1N=C(/C=C(\O)c1cccnc1)N1CCN=C21. The van der Waals surface area contributed by atoms with Gasteiger partial charge in [-0.15, -0.1) is 0 Å². The molecule has 1 aromatic carbocycles. The lowest BCUT2D eigenvalue weighted by Crippen LogP contribution is -2.36. The Morgan fingerprint density at radius 3 is 2.94 bits per heavy atom. The molecule has 0 saturated heterocycles. The molecule has 0 amide bonds. The average molecular weight is 420 g/mol. The van der Waals surface area contributed by atoms with Crippen LogP contribution in [0.2, 0.25) is 0 Å². The molecule has 0 bridgehead atoms. The maximum Gasteiger partial charge on any atom is 0.187 e. The maximum absolute atomic E-state index is 11.2. The molecule has 8 heteroatoms. The van der Waals surface area contributed by atoms with Crippen LogP contribution in [0, 0.1) is 0 Å². The Hall–Kier alpha value is -3.68. The molecule has 0 radical (unpaired) electrons. The Kier molecular flexibility index (Phi) is 5.97. The van der Waals surface area contributed by atoms with Crippen LogP contribution in [-0.2, 0) is 4.79 Å². The number of benzene rings is 1. The first-order valence-electron chi connectivity index (χ1n) is 10.1. The number of aromatic nitrogens is 1. The first-order chi connectivity index (χ1) is 15.1. The van der Waals surface area contributed by atoms with E-state index >= 15 is 0 Å². The molecular formula is C23H24N4O4. The molecule has 2 aromatic rings. The summed E-state index contributed by atoms with van der Waals surface area (Å²) in [5, 5.41) is 10.6. The van der Waals surface area contributed by atoms with E-state index in [9.17, 15) is 9.90 Å². The number of nitrogens with zero attached hydrogens (tertiary/aromatic N) is 4. The molecule has 8 nitrogen and oxygen atoms in total. The first kappa shape index (κ1) is 20.6. The molecule has 2 aliphatic heterocycles. The Bertz CT molecular complexity index is 1080. The molecule has 160 valence electrons. The van der Waals surface area contributed by atoms with E-state index in [0.717, 1.165) is 11.4 Å². The Labute approximate surface area is 180 Å². The zero-order valence-electron chi connectivity index (χ0n) is 17.5. The van der Waals surface area contributed by atoms with Gasteiger partial charge in [0.15, 0.2) is 11.5 Å². The minimum Gasteiger partial charge on any atom is -0.507 e. The topological polar surface area (TPSA) is 96.6 Å². The van der Waals surface area contributed by atoms with Crippen molar-refractivity contribution in [3.05, 3.63) is 53.9 Å². The van der Waals surface area contributed by atoms with Crippen LogP contribution in [0.3, 0.4) is 0 Å². The summed E-state index contributed by atoms with van der Waals surface area (Å²) >= 11 is 0. The van der Waals surface area contributed by atoms with Crippen LogP contribution in [-0.4, -0.2) is 59.3 Å². The van der Waals surface area contributed by atoms with Gasteiger partial charge in [0, 0.05) is 42.6 Å². The van der Waals surface area contributed by atoms with E-state index in [2.05, 4.69) is 9.98 Å². The minimum atomic E-state index is 0.0668. The first-order valence-corrected chi connectivity index (χ1v) is 10.1. The summed E-state index contributed by atoms with van der Waals surface area (Å²) in [5.74, 6) is 2.61. The van der Waals surface area contributed by atoms with Gasteiger partial charge in [-0.25, -0.2) is 4.99 Å². The highest BCUT2D eigenvalue weighted by Gasteiger charge is 2.31. The summed E-state index contributed by atoms with van der Waals surface area (Å²) in [6.45, 7) is 3.29. The molecule has 0 unspecified atom stereocenters. The number of aliphatic hydroxyl groups is 1. The number of carbonyl (C=O) groups is 1. The fourth-order valence-corrected chi connectivity index (χ4v) is 3.56. The van der Waals surface area contributed by atoms with Crippen LogP contribution in [0.15, 0.2) is 52.7 Å². The van der Waals surface area contributed by atoms with Crippen LogP contribution in [0.5, 0.6) is 11.5 Å². The summed E-state index contributed by atoms with van der Waals surface area (Å²) in [5.41, 5.74) is 2.06. The summed E-state index contributed by atoms with van der Waals surface area (Å²) < 4.78 is 11.5. The van der Waals surface area contributed by atoms with Gasteiger partial charge < -0.3 is 24.3 Å². The number of hydrogen-bond acceptors (Lipinski definition) is 8. The predicted octanol–water partition coefficient (Wildman–Crippen LogP) is 3.54. The fraction of sp³-hybridized carbons (Fsp3) is 0.304. The number of ketones is 1. The lowest BCUT2D eigenvalue weighted by Gasteiger charge is -2.27. The van der Waals surface area contributed by atoms with Crippen molar-refractivity contribution in [3.8, 4) is 11.5 Å². The van der Waals surface area contributed by atoms with Crippen molar-refractivity contribution in [3.63, 3.8) is 0 Å². The Morgan fingerprint density at radius 2 is 2.19 bits per heavy atom. The number of pyridine rings is 1. The second-order valence-electron chi connectivity index (χ2n) is 7.25. The van der Waals surface area contributed by atoms with Crippen LogP contribution in [0.25, 0.3) is 5.76 Å². The van der Waals surface area contributed by atoms with E-state index in [0.29, 0.717) is 61.1 Å². The number of aliphatic hydroxyl groups excluding tert-OH is 1. The summed E-state index contributed by atoms with van der Waals surface area (Å²) in [7, 11) is 1.57. The van der Waals surface area contributed by atoms with Gasteiger partial charge >= 0.3 is 0 Å². The number of carbonyl (C=O) groups excluding carboxylic acids is 1. The van der Waals surface area contributed by atoms with E-state index in [1.807, 2.05) is 17.0 Å². The molecule has 1 N–H and O–H groups in total. The summed E-state index contributed by atoms with van der Waals surface area (Å²) in [6, 6.07) is 7.30. The molecule has 3 heterocycles. The van der Waals surface area contributed by atoms with Gasteiger partial charge in [0.1, 0.15) is 28.9 Å². The number of aliphatic imine (C=N–C) groups is 2. The third-order valence-corrected chi connectivity index (χ3v) is 5.04. The number of fused-ring (bicyclic) bond motifs is 3. The van der Waals surface area contributed by atoms with Gasteiger partial charge in [0.05, 0.1) is 20.3 Å². The number of methoxy groups -OCH3 is 1. The van der Waals surface area contributed by atoms with Crippen molar-refractivity contribution in [2.45, 2.75) is 19.8 Å². The minimum absolute atomic E-state index is 0.0668. The molecule has 0 saturated carbocycles. The fourth-order valence-electron chi connectivity index (χ4n) is 3.56. The summed E-state index contributed by atoms with van der Waals surface area (Å²) in [6.07, 6.45) is 5.96. The quantitative estimate of drug-likeness (QED) is 0.518. The lowest BCUT2D eigenvalue weighted by molar-refractivity contribution is -0.117. The van der Waals surface area contributed by atoms with Crippen molar-refractivity contribution in [2.75, 3.05) is 26.8 Å². The highest BCUT2D eigenvalue weighted by atomic mass is 16.5. The number of ether oxygens (including phenoxy) is 2. The average Bonchev–Trinajstić information content (AvgIpc) is 3.27. The van der Waals surface area contributed by atoms with Gasteiger partial charge in [-0.05, 0) is 37.6 Å². The highest BCUT2D eigenvalue weighted by molar-refractivity contribution is 6.20. The highest BCUT2D eigenvalue weighted by Crippen LogP contribution is 2.43. The molecule has 2 aliphatic rings. The molecular weight excluding hydrogens is 396 g/mol. The zero-order chi connectivity index (χ0) is 21.8. The number of Topliss-reactive ketones (excluding diaryl/α,β-unsaturated/α-hetero) is 1. The third kappa shape index (κ3) is 4.28. The molecule has 0 spiro atoms. The van der Waals surface area contributed by atoms with E-state index in [1.54, 1.807) is 44.6 Å². The molecule has 4 rings (SSSR count). The van der Waals surface area contributed by atoms with Crippen molar-refractivity contribution in [1.29, 1.82) is 0 Å². The second-order valence-corrected chi connectivity index (χ2v) is 7.25. The van der Waals surface area contributed by atoms with Crippen molar-refractivity contribution < 1.29 is 19.4 Å². The monoisotopic (exact) mass is 420 g/mol. The van der Waals surface area contributed by atoms with E-state index < -0.39 is 0 Å².